The number of rotatable bonds is 5. The largest absolute Gasteiger partial charge is 0.479 e. The summed E-state index contributed by atoms with van der Waals surface area (Å²) in [6.07, 6.45) is 4.33. The highest BCUT2D eigenvalue weighted by molar-refractivity contribution is 5.96. The van der Waals surface area contributed by atoms with Gasteiger partial charge in [0.2, 0.25) is 17.6 Å². The van der Waals surface area contributed by atoms with Gasteiger partial charge in [-0.15, -0.1) is 5.10 Å². The number of carbonyl (C=O) groups is 1. The molecule has 2 aromatic heterocycles. The van der Waals surface area contributed by atoms with Crippen LogP contribution in [0.2, 0.25) is 0 Å². The van der Waals surface area contributed by atoms with Crippen molar-refractivity contribution < 1.29 is 14.1 Å². The first kappa shape index (κ1) is 19.2. The summed E-state index contributed by atoms with van der Waals surface area (Å²) in [5.41, 5.74) is 2.58. The molecule has 0 aliphatic carbocycles. The minimum Gasteiger partial charge on any atom is -0.479 e. The van der Waals surface area contributed by atoms with Crippen LogP contribution in [0.15, 0.2) is 35.0 Å². The average Bonchev–Trinajstić information content (AvgIpc) is 3.34. The lowest BCUT2D eigenvalue weighted by molar-refractivity contribution is 0.0664. The van der Waals surface area contributed by atoms with Gasteiger partial charge in [0.15, 0.2) is 0 Å². The van der Waals surface area contributed by atoms with Gasteiger partial charge in [0.1, 0.15) is 5.56 Å². The normalized spacial score (nSPS) is 16.8. The molecule has 1 aromatic carbocycles. The van der Waals surface area contributed by atoms with Crippen molar-refractivity contribution >= 4 is 5.91 Å². The fourth-order valence-corrected chi connectivity index (χ4v) is 3.87. The summed E-state index contributed by atoms with van der Waals surface area (Å²) >= 11 is 0. The van der Waals surface area contributed by atoms with Crippen LogP contribution in [0.1, 0.15) is 34.7 Å². The molecule has 1 aliphatic heterocycles. The summed E-state index contributed by atoms with van der Waals surface area (Å²) in [5, 5.41) is 8.33. The molecule has 1 saturated heterocycles. The zero-order chi connectivity index (χ0) is 20.4. The second-order valence-corrected chi connectivity index (χ2v) is 7.52. The van der Waals surface area contributed by atoms with Crippen molar-refractivity contribution in [2.24, 2.45) is 13.0 Å². The van der Waals surface area contributed by atoms with Crippen LogP contribution in [0, 0.1) is 12.8 Å². The van der Waals surface area contributed by atoms with Crippen LogP contribution in [-0.2, 0) is 13.5 Å². The van der Waals surface area contributed by atoms with Gasteiger partial charge >= 0.3 is 0 Å². The Morgan fingerprint density at radius 3 is 2.97 bits per heavy atom. The monoisotopic (exact) mass is 395 g/mol. The van der Waals surface area contributed by atoms with Crippen LogP contribution in [0.4, 0.5) is 0 Å². The fourth-order valence-electron chi connectivity index (χ4n) is 3.87. The highest BCUT2D eigenvalue weighted by Crippen LogP contribution is 2.26. The maximum Gasteiger partial charge on any atom is 0.260 e. The molecular formula is C21H25N5O3. The number of nitrogens with zero attached hydrogens (tertiary/aromatic N) is 5. The van der Waals surface area contributed by atoms with Crippen molar-refractivity contribution in [1.82, 2.24) is 24.8 Å². The van der Waals surface area contributed by atoms with E-state index < -0.39 is 0 Å². The number of methoxy groups -OCH3 is 1. The highest BCUT2D eigenvalue weighted by atomic mass is 16.5. The summed E-state index contributed by atoms with van der Waals surface area (Å²) < 4.78 is 12.3. The number of piperidine rings is 1. The minimum absolute atomic E-state index is 0.0502. The molecule has 3 heterocycles. The van der Waals surface area contributed by atoms with Gasteiger partial charge in [-0.25, -0.2) is 0 Å². The molecule has 0 saturated carbocycles. The third-order valence-electron chi connectivity index (χ3n) is 5.34. The van der Waals surface area contributed by atoms with Crippen LogP contribution in [0.25, 0.3) is 11.4 Å². The van der Waals surface area contributed by atoms with Crippen LogP contribution in [0.5, 0.6) is 5.88 Å². The average molecular weight is 395 g/mol. The Balaban J connectivity index is 1.44. The van der Waals surface area contributed by atoms with Crippen LogP contribution in [-0.4, -0.2) is 50.9 Å². The first-order chi connectivity index (χ1) is 14.0. The predicted molar refractivity (Wildman–Crippen MR) is 107 cm³/mol. The van der Waals surface area contributed by atoms with E-state index >= 15 is 0 Å². The molecule has 1 amide bonds. The first-order valence-electron chi connectivity index (χ1n) is 9.80. The Hall–Kier alpha value is -3.16. The van der Waals surface area contributed by atoms with E-state index in [2.05, 4.69) is 15.2 Å². The van der Waals surface area contributed by atoms with Crippen molar-refractivity contribution in [1.29, 1.82) is 0 Å². The van der Waals surface area contributed by atoms with Gasteiger partial charge in [-0.3, -0.25) is 9.48 Å². The number of ether oxygens (including phenoxy) is 1. The molecule has 29 heavy (non-hydrogen) atoms. The maximum absolute atomic E-state index is 13.0. The van der Waals surface area contributed by atoms with Crippen molar-refractivity contribution in [3.05, 3.63) is 47.5 Å². The lowest BCUT2D eigenvalue weighted by atomic mass is 9.94. The van der Waals surface area contributed by atoms with Crippen molar-refractivity contribution in [3.63, 3.8) is 0 Å². The molecule has 0 bridgehead atoms. The topological polar surface area (TPSA) is 86.3 Å². The van der Waals surface area contributed by atoms with E-state index in [4.69, 9.17) is 9.26 Å². The number of amides is 1. The molecule has 1 unspecified atom stereocenters. The first-order valence-corrected chi connectivity index (χ1v) is 9.80. The molecule has 0 spiro atoms. The van der Waals surface area contributed by atoms with Gasteiger partial charge in [0, 0.05) is 38.3 Å². The molecule has 0 N–H and O–H groups in total. The van der Waals surface area contributed by atoms with E-state index in [1.54, 1.807) is 17.9 Å². The van der Waals surface area contributed by atoms with Gasteiger partial charge in [-0.2, -0.15) is 4.98 Å². The van der Waals surface area contributed by atoms with Crippen molar-refractivity contribution in [2.45, 2.75) is 26.2 Å². The molecular weight excluding hydrogens is 370 g/mol. The van der Waals surface area contributed by atoms with Crippen LogP contribution >= 0.6 is 0 Å². The number of hydrogen-bond donors (Lipinski definition) is 0. The van der Waals surface area contributed by atoms with Gasteiger partial charge in [0.25, 0.3) is 5.91 Å². The lowest BCUT2D eigenvalue weighted by Crippen LogP contribution is -2.40. The van der Waals surface area contributed by atoms with E-state index in [0.29, 0.717) is 36.1 Å². The zero-order valence-electron chi connectivity index (χ0n) is 17.0. The van der Waals surface area contributed by atoms with Gasteiger partial charge in [-0.05, 0) is 31.2 Å². The van der Waals surface area contributed by atoms with Gasteiger partial charge in [0.05, 0.1) is 7.11 Å². The Kier molecular flexibility index (Phi) is 5.33. The van der Waals surface area contributed by atoms with Gasteiger partial charge < -0.3 is 14.2 Å². The van der Waals surface area contributed by atoms with Crippen molar-refractivity contribution in [3.8, 4) is 17.3 Å². The molecule has 0 radical (unpaired) electrons. The number of carbonyl (C=O) groups excluding carboxylic acids is 1. The molecule has 1 aliphatic rings. The molecule has 1 atom stereocenters. The summed E-state index contributed by atoms with van der Waals surface area (Å²) in [6.45, 7) is 3.41. The summed E-state index contributed by atoms with van der Waals surface area (Å²) in [5.74, 6) is 1.81. The number of aromatic nitrogens is 4. The number of likely N-dealkylation sites (tertiary alicyclic amines) is 1. The van der Waals surface area contributed by atoms with Crippen molar-refractivity contribution in [2.75, 3.05) is 20.2 Å². The lowest BCUT2D eigenvalue weighted by Gasteiger charge is -2.32. The predicted octanol–water partition coefficient (Wildman–Crippen LogP) is 2.88. The second-order valence-electron chi connectivity index (χ2n) is 7.52. The molecule has 4 rings (SSSR count). The standard InChI is InChI=1S/C21H25N5O3/c1-14-7-4-5-9-16(14)19-22-18(29-24-19)11-15-8-6-10-26(12-15)21(27)17-13-25(2)23-20(17)28-3/h4-5,7,9,13,15H,6,8,10-12H2,1-3H3. The maximum atomic E-state index is 13.0. The van der Waals surface area contributed by atoms with E-state index in [1.807, 2.05) is 36.1 Å². The minimum atomic E-state index is -0.0502. The Morgan fingerprint density at radius 2 is 2.17 bits per heavy atom. The Morgan fingerprint density at radius 1 is 1.34 bits per heavy atom. The summed E-state index contributed by atoms with van der Waals surface area (Å²) in [6, 6.07) is 7.98. The second kappa shape index (κ2) is 8.06. The number of benzene rings is 1. The Labute approximate surface area is 169 Å². The highest BCUT2D eigenvalue weighted by Gasteiger charge is 2.29. The zero-order valence-corrected chi connectivity index (χ0v) is 17.0. The third kappa shape index (κ3) is 4.01. The third-order valence-corrected chi connectivity index (χ3v) is 5.34. The summed E-state index contributed by atoms with van der Waals surface area (Å²) in [4.78, 5) is 19.4. The number of hydrogen-bond acceptors (Lipinski definition) is 6. The molecule has 8 heteroatoms. The fraction of sp³-hybridized carbons (Fsp3) is 0.429. The van der Waals surface area contributed by atoms with Crippen LogP contribution in [0.3, 0.4) is 0 Å². The number of aryl methyl sites for hydroxylation is 2. The SMILES string of the molecule is COc1nn(C)cc1C(=O)N1CCCC(Cc2nc(-c3ccccc3C)no2)C1. The Bertz CT molecular complexity index is 1010. The smallest absolute Gasteiger partial charge is 0.260 e. The molecule has 3 aromatic rings. The van der Waals surface area contributed by atoms with E-state index in [9.17, 15) is 4.79 Å². The van der Waals surface area contributed by atoms with E-state index in [0.717, 1.165) is 30.5 Å². The van der Waals surface area contributed by atoms with E-state index in [-0.39, 0.29) is 11.8 Å². The van der Waals surface area contributed by atoms with E-state index in [1.165, 1.54) is 7.11 Å². The molecule has 8 nitrogen and oxygen atoms in total. The quantitative estimate of drug-likeness (QED) is 0.660. The molecule has 1 fully saturated rings. The van der Waals surface area contributed by atoms with Gasteiger partial charge in [-0.1, -0.05) is 29.4 Å². The van der Waals surface area contributed by atoms with Crippen LogP contribution < -0.4 is 4.74 Å². The summed E-state index contributed by atoms with van der Waals surface area (Å²) in [7, 11) is 3.31. The molecule has 152 valence electrons.